The molecule has 0 bridgehead atoms. The Labute approximate surface area is 102 Å². The van der Waals surface area contributed by atoms with Gasteiger partial charge in [0.1, 0.15) is 11.9 Å². The highest BCUT2D eigenvalue weighted by Gasteiger charge is 2.39. The van der Waals surface area contributed by atoms with Crippen molar-refractivity contribution >= 4 is 21.7 Å². The van der Waals surface area contributed by atoms with Crippen LogP contribution in [-0.2, 0) is 4.74 Å². The van der Waals surface area contributed by atoms with E-state index < -0.39 is 0 Å². The molecule has 0 radical (unpaired) electrons. The number of ketones is 1. The molecule has 1 aromatic carbocycles. The zero-order valence-electron chi connectivity index (χ0n) is 8.61. The van der Waals surface area contributed by atoms with Gasteiger partial charge in [0.15, 0.2) is 5.78 Å². The average Bonchev–Trinajstić information content (AvgIpc) is 2.31. The second-order valence-corrected chi connectivity index (χ2v) is 5.05. The van der Waals surface area contributed by atoms with Crippen LogP contribution in [0.5, 0.6) is 5.75 Å². The first-order valence-electron chi connectivity index (χ1n) is 5.34. The quantitative estimate of drug-likeness (QED) is 0.733. The van der Waals surface area contributed by atoms with E-state index >= 15 is 0 Å². The average molecular weight is 283 g/mol. The van der Waals surface area contributed by atoms with Crippen LogP contribution in [0.1, 0.15) is 16.8 Å². The molecule has 0 aromatic heterocycles. The van der Waals surface area contributed by atoms with E-state index in [1.54, 1.807) is 0 Å². The zero-order valence-corrected chi connectivity index (χ0v) is 10.2. The van der Waals surface area contributed by atoms with Gasteiger partial charge in [0.25, 0.3) is 0 Å². The van der Waals surface area contributed by atoms with Gasteiger partial charge < -0.3 is 9.47 Å². The van der Waals surface area contributed by atoms with Gasteiger partial charge in [0.2, 0.25) is 0 Å². The van der Waals surface area contributed by atoms with Crippen molar-refractivity contribution in [1.29, 1.82) is 0 Å². The fourth-order valence-electron chi connectivity index (χ4n) is 2.29. The summed E-state index contributed by atoms with van der Waals surface area (Å²) in [7, 11) is 0. The number of hydrogen-bond acceptors (Lipinski definition) is 3. The summed E-state index contributed by atoms with van der Waals surface area (Å²) in [5.74, 6) is 0.839. The number of halogens is 1. The Kier molecular flexibility index (Phi) is 2.48. The monoisotopic (exact) mass is 282 g/mol. The molecule has 4 heteroatoms. The summed E-state index contributed by atoms with van der Waals surface area (Å²) in [5.41, 5.74) is 0.692. The van der Waals surface area contributed by atoms with E-state index in [2.05, 4.69) is 15.9 Å². The molecule has 0 aliphatic carbocycles. The molecule has 0 saturated carbocycles. The van der Waals surface area contributed by atoms with E-state index in [4.69, 9.17) is 9.47 Å². The van der Waals surface area contributed by atoms with Crippen LogP contribution in [0.25, 0.3) is 0 Å². The van der Waals surface area contributed by atoms with E-state index in [-0.39, 0.29) is 17.8 Å². The van der Waals surface area contributed by atoms with E-state index in [0.29, 0.717) is 24.5 Å². The molecule has 2 aliphatic rings. The van der Waals surface area contributed by atoms with Gasteiger partial charge in [-0.2, -0.15) is 0 Å². The third-order valence-corrected chi connectivity index (χ3v) is 3.62. The van der Waals surface area contributed by atoms with Crippen LogP contribution in [0.4, 0.5) is 0 Å². The molecule has 84 valence electrons. The maximum atomic E-state index is 12.2. The lowest BCUT2D eigenvalue weighted by atomic mass is 9.86. The number of hydrogen-bond donors (Lipinski definition) is 0. The van der Waals surface area contributed by atoms with Gasteiger partial charge in [0, 0.05) is 11.1 Å². The lowest BCUT2D eigenvalue weighted by Crippen LogP contribution is -2.44. The molecule has 3 rings (SSSR count). The molecule has 1 fully saturated rings. The lowest BCUT2D eigenvalue weighted by molar-refractivity contribution is -0.0289. The van der Waals surface area contributed by atoms with Gasteiger partial charge in [-0.15, -0.1) is 0 Å². The highest BCUT2D eigenvalue weighted by atomic mass is 79.9. The van der Waals surface area contributed by atoms with Crippen LogP contribution >= 0.6 is 15.9 Å². The van der Waals surface area contributed by atoms with Crippen molar-refractivity contribution in [3.8, 4) is 5.75 Å². The van der Waals surface area contributed by atoms with Gasteiger partial charge in [-0.05, 0) is 24.6 Å². The van der Waals surface area contributed by atoms with Crippen molar-refractivity contribution < 1.29 is 14.3 Å². The van der Waals surface area contributed by atoms with Crippen LogP contribution < -0.4 is 4.74 Å². The molecule has 2 atom stereocenters. The van der Waals surface area contributed by atoms with Crippen LogP contribution in [0.2, 0.25) is 0 Å². The normalized spacial score (nSPS) is 27.9. The van der Waals surface area contributed by atoms with Gasteiger partial charge in [-0.1, -0.05) is 15.9 Å². The molecule has 16 heavy (non-hydrogen) atoms. The summed E-state index contributed by atoms with van der Waals surface area (Å²) < 4.78 is 12.0. The van der Waals surface area contributed by atoms with E-state index in [1.165, 1.54) is 0 Å². The Balaban J connectivity index is 2.03. The predicted octanol–water partition coefficient (Wildman–Crippen LogP) is 2.43. The Bertz CT molecular complexity index is 444. The number of ether oxygens (including phenoxy) is 2. The smallest absolute Gasteiger partial charge is 0.173 e. The number of fused-ring (bicyclic) bond motifs is 2. The molecule has 2 aliphatic heterocycles. The molecule has 1 saturated heterocycles. The largest absolute Gasteiger partial charge is 0.486 e. The van der Waals surface area contributed by atoms with Crippen molar-refractivity contribution in [3.63, 3.8) is 0 Å². The molecule has 2 heterocycles. The first kappa shape index (κ1) is 10.3. The van der Waals surface area contributed by atoms with E-state index in [9.17, 15) is 4.79 Å². The molecule has 0 amide bonds. The molecular weight excluding hydrogens is 272 g/mol. The zero-order chi connectivity index (χ0) is 11.1. The summed E-state index contributed by atoms with van der Waals surface area (Å²) in [6, 6.07) is 5.56. The predicted molar refractivity (Wildman–Crippen MR) is 61.8 cm³/mol. The van der Waals surface area contributed by atoms with Gasteiger partial charge >= 0.3 is 0 Å². The number of Topliss-reactive ketones (excluding diaryl/α,β-unsaturated/α-hetero) is 1. The maximum absolute atomic E-state index is 12.2. The summed E-state index contributed by atoms with van der Waals surface area (Å²) in [4.78, 5) is 12.2. The summed E-state index contributed by atoms with van der Waals surface area (Å²) in [5, 5.41) is 0. The minimum atomic E-state index is -0.102. The maximum Gasteiger partial charge on any atom is 0.173 e. The van der Waals surface area contributed by atoms with Crippen molar-refractivity contribution in [2.45, 2.75) is 12.5 Å². The first-order valence-corrected chi connectivity index (χ1v) is 6.13. The third kappa shape index (κ3) is 1.57. The van der Waals surface area contributed by atoms with Crippen molar-refractivity contribution in [2.24, 2.45) is 5.92 Å². The molecular formula is C12H11BrO3. The molecule has 3 nitrogen and oxygen atoms in total. The molecule has 2 unspecified atom stereocenters. The Morgan fingerprint density at radius 2 is 2.25 bits per heavy atom. The molecule has 1 aromatic rings. The second kappa shape index (κ2) is 3.86. The standard InChI is InChI=1S/C12H11BrO3/c13-7-1-2-10-9(5-7)12(14)8-3-4-15-6-11(8)16-10/h1-2,5,8,11H,3-4,6H2. The SMILES string of the molecule is O=C1c2cc(Br)ccc2OC2COCCC12. The van der Waals surface area contributed by atoms with Crippen LogP contribution in [0, 0.1) is 5.92 Å². The molecule has 0 N–H and O–H groups in total. The summed E-state index contributed by atoms with van der Waals surface area (Å²) in [6.45, 7) is 1.17. The van der Waals surface area contributed by atoms with Gasteiger partial charge in [-0.25, -0.2) is 0 Å². The van der Waals surface area contributed by atoms with Crippen LogP contribution in [-0.4, -0.2) is 25.1 Å². The van der Waals surface area contributed by atoms with E-state index in [1.807, 2.05) is 18.2 Å². The Morgan fingerprint density at radius 3 is 3.12 bits per heavy atom. The van der Waals surface area contributed by atoms with Gasteiger partial charge in [-0.3, -0.25) is 4.79 Å². The minimum Gasteiger partial charge on any atom is -0.486 e. The first-order chi connectivity index (χ1) is 7.75. The minimum absolute atomic E-state index is 0.0319. The number of benzene rings is 1. The van der Waals surface area contributed by atoms with Crippen molar-refractivity contribution in [1.82, 2.24) is 0 Å². The second-order valence-electron chi connectivity index (χ2n) is 4.13. The fraction of sp³-hybridized carbons (Fsp3) is 0.417. The third-order valence-electron chi connectivity index (χ3n) is 3.13. The van der Waals surface area contributed by atoms with Crippen molar-refractivity contribution in [2.75, 3.05) is 13.2 Å². The highest BCUT2D eigenvalue weighted by molar-refractivity contribution is 9.10. The number of carbonyl (C=O) groups excluding carboxylic acids is 1. The summed E-state index contributed by atoms with van der Waals surface area (Å²) in [6.07, 6.45) is 0.657. The lowest BCUT2D eigenvalue weighted by Gasteiger charge is -2.35. The van der Waals surface area contributed by atoms with E-state index in [0.717, 1.165) is 10.9 Å². The Morgan fingerprint density at radius 1 is 1.38 bits per heavy atom. The summed E-state index contributed by atoms with van der Waals surface area (Å²) >= 11 is 3.37. The van der Waals surface area contributed by atoms with Crippen LogP contribution in [0.15, 0.2) is 22.7 Å². The fourth-order valence-corrected chi connectivity index (χ4v) is 2.65. The highest BCUT2D eigenvalue weighted by Crippen LogP contribution is 2.35. The van der Waals surface area contributed by atoms with Gasteiger partial charge in [0.05, 0.1) is 18.1 Å². The van der Waals surface area contributed by atoms with Crippen molar-refractivity contribution in [3.05, 3.63) is 28.2 Å². The number of rotatable bonds is 0. The topological polar surface area (TPSA) is 35.5 Å². The molecule has 0 spiro atoms. The Hall–Kier alpha value is -0.870. The number of carbonyl (C=O) groups is 1. The van der Waals surface area contributed by atoms with Crippen LogP contribution in [0.3, 0.4) is 0 Å².